The van der Waals surface area contributed by atoms with E-state index in [0.29, 0.717) is 0 Å². The second-order valence-electron chi connectivity index (χ2n) is 5.20. The highest BCUT2D eigenvalue weighted by Crippen LogP contribution is 2.50. The predicted molar refractivity (Wildman–Crippen MR) is 69.9 cm³/mol. The third-order valence-corrected chi connectivity index (χ3v) is 3.85. The summed E-state index contributed by atoms with van der Waals surface area (Å²) in [4.78, 5) is 11.8. The van der Waals surface area contributed by atoms with Crippen LogP contribution in [0.2, 0.25) is 0 Å². The average molecular weight is 248 g/mol. The average Bonchev–Trinajstić information content (AvgIpc) is 3.13. The number of aryl methyl sites for hydroxylation is 2. The highest BCUT2D eigenvalue weighted by Gasteiger charge is 2.51. The zero-order valence-corrected chi connectivity index (χ0v) is 11.5. The number of carbonyl (C=O) groups is 1. The Morgan fingerprint density at radius 1 is 1.22 bits per heavy atom. The quantitative estimate of drug-likeness (QED) is 0.769. The summed E-state index contributed by atoms with van der Waals surface area (Å²) in [6.45, 7) is 4.09. The molecule has 0 heterocycles. The fourth-order valence-electron chi connectivity index (χ4n) is 2.44. The van der Waals surface area contributed by atoms with Gasteiger partial charge in [-0.3, -0.25) is 4.79 Å². The van der Waals surface area contributed by atoms with Crippen molar-refractivity contribution in [2.45, 2.75) is 33.1 Å². The maximum Gasteiger partial charge on any atom is 0.312 e. The van der Waals surface area contributed by atoms with E-state index in [0.717, 1.165) is 30.6 Å². The second-order valence-corrected chi connectivity index (χ2v) is 5.20. The Balaban J connectivity index is 2.25. The maximum atomic E-state index is 11.8. The molecule has 3 heteroatoms. The smallest absolute Gasteiger partial charge is 0.312 e. The lowest BCUT2D eigenvalue weighted by molar-refractivity contribution is -0.147. The largest absolute Gasteiger partial charge is 0.496 e. The first-order chi connectivity index (χ1) is 8.52. The molecule has 0 atom stereocenters. The monoisotopic (exact) mass is 248 g/mol. The molecule has 1 aliphatic carbocycles. The summed E-state index contributed by atoms with van der Waals surface area (Å²) in [6, 6.07) is 4.16. The van der Waals surface area contributed by atoms with Crippen LogP contribution >= 0.6 is 0 Å². The van der Waals surface area contributed by atoms with Crippen LogP contribution < -0.4 is 4.74 Å². The van der Waals surface area contributed by atoms with E-state index >= 15 is 0 Å². The fraction of sp³-hybridized carbons (Fsp3) is 0.533. The Labute approximate surface area is 108 Å². The molecule has 0 unspecified atom stereocenters. The van der Waals surface area contributed by atoms with Crippen molar-refractivity contribution in [3.63, 3.8) is 0 Å². The van der Waals surface area contributed by atoms with Gasteiger partial charge in [0.1, 0.15) is 5.75 Å². The Bertz CT molecular complexity index is 473. The normalized spacial score (nSPS) is 16.2. The molecule has 0 N–H and O–H groups in total. The van der Waals surface area contributed by atoms with Gasteiger partial charge in [-0.25, -0.2) is 0 Å². The van der Waals surface area contributed by atoms with Crippen LogP contribution in [-0.2, 0) is 16.0 Å². The highest BCUT2D eigenvalue weighted by atomic mass is 16.5. The van der Waals surface area contributed by atoms with Gasteiger partial charge < -0.3 is 9.47 Å². The second kappa shape index (κ2) is 4.63. The summed E-state index contributed by atoms with van der Waals surface area (Å²) in [7, 11) is 3.15. The van der Waals surface area contributed by atoms with Gasteiger partial charge in [-0.1, -0.05) is 6.07 Å². The van der Waals surface area contributed by atoms with E-state index in [4.69, 9.17) is 9.47 Å². The number of esters is 1. The molecule has 18 heavy (non-hydrogen) atoms. The van der Waals surface area contributed by atoms with E-state index in [2.05, 4.69) is 13.0 Å². The minimum atomic E-state index is -0.263. The van der Waals surface area contributed by atoms with E-state index < -0.39 is 0 Å². The maximum absolute atomic E-state index is 11.8. The van der Waals surface area contributed by atoms with Gasteiger partial charge in [0.25, 0.3) is 0 Å². The summed E-state index contributed by atoms with van der Waals surface area (Å²) in [5.74, 6) is 0.828. The molecule has 0 aliphatic heterocycles. The molecule has 0 amide bonds. The van der Waals surface area contributed by atoms with Crippen LogP contribution in [0.25, 0.3) is 0 Å². The van der Waals surface area contributed by atoms with Crippen LogP contribution in [0.4, 0.5) is 0 Å². The van der Waals surface area contributed by atoms with Gasteiger partial charge in [0.15, 0.2) is 0 Å². The Hall–Kier alpha value is -1.51. The first kappa shape index (κ1) is 12.9. The molecular formula is C15H20O3. The minimum absolute atomic E-state index is 0.0737. The van der Waals surface area contributed by atoms with Crippen LogP contribution in [0.5, 0.6) is 5.75 Å². The van der Waals surface area contributed by atoms with Crippen LogP contribution in [0, 0.1) is 19.3 Å². The van der Waals surface area contributed by atoms with Gasteiger partial charge in [0.05, 0.1) is 19.6 Å². The molecule has 1 saturated carbocycles. The molecule has 0 aromatic heterocycles. The number of methoxy groups -OCH3 is 2. The lowest BCUT2D eigenvalue weighted by Crippen LogP contribution is -2.20. The first-order valence-electron chi connectivity index (χ1n) is 6.25. The van der Waals surface area contributed by atoms with Crippen molar-refractivity contribution >= 4 is 5.97 Å². The molecule has 1 aromatic rings. The third-order valence-electron chi connectivity index (χ3n) is 3.85. The van der Waals surface area contributed by atoms with Crippen LogP contribution in [-0.4, -0.2) is 20.2 Å². The summed E-state index contributed by atoms with van der Waals surface area (Å²) in [5, 5.41) is 0. The number of hydrogen-bond acceptors (Lipinski definition) is 3. The molecule has 3 nitrogen and oxygen atoms in total. The lowest BCUT2D eigenvalue weighted by Gasteiger charge is -2.16. The highest BCUT2D eigenvalue weighted by molar-refractivity contribution is 5.80. The van der Waals surface area contributed by atoms with Gasteiger partial charge >= 0.3 is 5.97 Å². The molecular weight excluding hydrogens is 228 g/mol. The van der Waals surface area contributed by atoms with E-state index in [1.807, 2.05) is 13.0 Å². The Morgan fingerprint density at radius 2 is 1.89 bits per heavy atom. The van der Waals surface area contributed by atoms with Gasteiger partial charge in [-0.05, 0) is 55.9 Å². The summed E-state index contributed by atoms with van der Waals surface area (Å²) >= 11 is 0. The van der Waals surface area contributed by atoms with Crippen LogP contribution in [0.15, 0.2) is 12.1 Å². The topological polar surface area (TPSA) is 35.5 Å². The SMILES string of the molecule is COC(=O)C1(Cc2cc(C)c(OC)cc2C)CC1. The van der Waals surface area contributed by atoms with E-state index in [9.17, 15) is 4.79 Å². The number of benzene rings is 1. The number of rotatable bonds is 4. The van der Waals surface area contributed by atoms with Gasteiger partial charge in [-0.2, -0.15) is 0 Å². The van der Waals surface area contributed by atoms with Crippen LogP contribution in [0.3, 0.4) is 0 Å². The molecule has 1 aromatic carbocycles. The van der Waals surface area contributed by atoms with E-state index in [1.54, 1.807) is 7.11 Å². The van der Waals surface area contributed by atoms with Crippen molar-refractivity contribution in [1.29, 1.82) is 0 Å². The lowest BCUT2D eigenvalue weighted by atomic mass is 9.92. The fourth-order valence-corrected chi connectivity index (χ4v) is 2.44. The third kappa shape index (κ3) is 2.22. The molecule has 98 valence electrons. The molecule has 0 saturated heterocycles. The number of ether oxygens (including phenoxy) is 2. The predicted octanol–water partition coefficient (Wildman–Crippen LogP) is 2.81. The summed E-state index contributed by atoms with van der Waals surface area (Å²) in [5.41, 5.74) is 3.24. The molecule has 1 fully saturated rings. The van der Waals surface area contributed by atoms with Crippen molar-refractivity contribution in [2.24, 2.45) is 5.41 Å². The molecule has 2 rings (SSSR count). The minimum Gasteiger partial charge on any atom is -0.496 e. The van der Waals surface area contributed by atoms with Gasteiger partial charge in [0.2, 0.25) is 0 Å². The van der Waals surface area contributed by atoms with E-state index in [-0.39, 0.29) is 11.4 Å². The van der Waals surface area contributed by atoms with Crippen LogP contribution in [0.1, 0.15) is 29.5 Å². The molecule has 1 aliphatic rings. The zero-order valence-electron chi connectivity index (χ0n) is 11.5. The van der Waals surface area contributed by atoms with Crippen molar-refractivity contribution in [3.05, 3.63) is 28.8 Å². The summed E-state index contributed by atoms with van der Waals surface area (Å²) < 4.78 is 10.2. The Morgan fingerprint density at radius 3 is 2.39 bits per heavy atom. The van der Waals surface area contributed by atoms with Crippen molar-refractivity contribution in [3.8, 4) is 5.75 Å². The van der Waals surface area contributed by atoms with Gasteiger partial charge in [-0.15, -0.1) is 0 Å². The number of carbonyl (C=O) groups excluding carboxylic acids is 1. The van der Waals surface area contributed by atoms with E-state index in [1.165, 1.54) is 18.2 Å². The Kier molecular flexibility index (Phi) is 3.33. The first-order valence-corrected chi connectivity index (χ1v) is 6.25. The molecule has 0 radical (unpaired) electrons. The zero-order chi connectivity index (χ0) is 13.3. The van der Waals surface area contributed by atoms with Crippen molar-refractivity contribution in [1.82, 2.24) is 0 Å². The molecule has 0 spiro atoms. The summed E-state index contributed by atoms with van der Waals surface area (Å²) in [6.07, 6.45) is 2.64. The molecule has 0 bridgehead atoms. The van der Waals surface area contributed by atoms with Crippen molar-refractivity contribution < 1.29 is 14.3 Å². The van der Waals surface area contributed by atoms with Crippen molar-refractivity contribution in [2.75, 3.05) is 14.2 Å². The van der Waals surface area contributed by atoms with Gasteiger partial charge in [0, 0.05) is 0 Å². The number of hydrogen-bond donors (Lipinski definition) is 0. The standard InChI is InChI=1S/C15H20O3/c1-10-8-13(17-3)11(2)7-12(10)9-15(5-6-15)14(16)18-4/h7-8H,5-6,9H2,1-4H3.